The van der Waals surface area contributed by atoms with E-state index in [-0.39, 0.29) is 52.6 Å². The molecule has 21 heteroatoms. The van der Waals surface area contributed by atoms with Crippen LogP contribution in [0.5, 0.6) is 11.5 Å². The molecule has 0 radical (unpaired) electrons. The number of aliphatic hydroxyl groups excluding tert-OH is 1. The highest BCUT2D eigenvalue weighted by atomic mass is 35.5. The first-order valence-corrected chi connectivity index (χ1v) is 22.8. The Bertz CT molecular complexity index is 3420. The number of methoxy groups -OCH3 is 2. The van der Waals surface area contributed by atoms with E-state index in [4.69, 9.17) is 32.7 Å². The number of pyridine rings is 2. The number of rotatable bonds is 16. The van der Waals surface area contributed by atoms with E-state index in [0.717, 1.165) is 45.0 Å². The molecule has 2 N–H and O–H groups in total. The molecule has 2 atom stereocenters. The highest BCUT2D eigenvalue weighted by molar-refractivity contribution is 6.30. The number of ether oxygens (including phenoxy) is 2. The van der Waals surface area contributed by atoms with Gasteiger partial charge in [-0.25, -0.2) is 36.3 Å². The zero-order valence-electron chi connectivity index (χ0n) is 39.2. The standard InChI is InChI=1S/C26H21ClF3N3O4.C26H23ClF3N3O3/c1-14-11-32(13-31-14)21-4-3-15(6-23(21)37-2)5-17-7-18(27)12-33(26(17)36)22(10-24(34)35)16-8-19(28)25(30)20(29)9-16;1-15-12-32(14-31-15)23-4-3-16(8-24(23)36-2)7-18-9-19(27)13-33(26(18)35)22(5-6-34)17-10-20(28)25(30)21(29)11-17/h3-4,6-9,11-13,22H,5,10H2,1-2H3,(H,34,35);3-4,8-14,22,34H,5-7H2,1-2H3. The maximum atomic E-state index is 13.9. The van der Waals surface area contributed by atoms with Gasteiger partial charge in [0.1, 0.15) is 11.5 Å². The number of carbonyl (C=O) groups is 1. The molecule has 73 heavy (non-hydrogen) atoms. The average Bonchev–Trinajstić information content (AvgIpc) is 4.00. The Hall–Kier alpha value is -7.61. The first-order valence-electron chi connectivity index (χ1n) is 22.1. The van der Waals surface area contributed by atoms with Crippen molar-refractivity contribution in [2.75, 3.05) is 20.8 Å². The van der Waals surface area contributed by atoms with Gasteiger partial charge in [0.05, 0.1) is 78.2 Å². The number of halogens is 8. The smallest absolute Gasteiger partial charge is 0.305 e. The Morgan fingerprint density at radius 3 is 1.37 bits per heavy atom. The van der Waals surface area contributed by atoms with E-state index in [0.29, 0.717) is 34.8 Å². The zero-order valence-corrected chi connectivity index (χ0v) is 40.7. The fourth-order valence-corrected chi connectivity index (χ4v) is 8.74. The SMILES string of the molecule is COc1cc(Cc2cc(Cl)cn(C(CC(=O)O)c3cc(F)c(F)c(F)c3)c2=O)ccc1-n1cnc(C)c1.COc1cc(Cc2cc(Cl)cn(C(CCO)c3cc(F)c(F)c(F)c3)c2=O)ccc1-n1cnc(C)c1. The van der Waals surface area contributed by atoms with Gasteiger partial charge in [-0.05, 0) is 103 Å². The van der Waals surface area contributed by atoms with Crippen LogP contribution >= 0.6 is 23.2 Å². The fraction of sp³-hybridized carbons (Fsp3) is 0.212. The quantitative estimate of drug-likeness (QED) is 0.0711. The summed E-state index contributed by atoms with van der Waals surface area (Å²) in [6.07, 6.45) is 9.07. The lowest BCUT2D eigenvalue weighted by atomic mass is 10.0. The van der Waals surface area contributed by atoms with Gasteiger partial charge in [-0.3, -0.25) is 14.4 Å². The van der Waals surface area contributed by atoms with Crippen molar-refractivity contribution in [3.05, 3.63) is 221 Å². The van der Waals surface area contributed by atoms with Crippen LogP contribution < -0.4 is 20.6 Å². The summed E-state index contributed by atoms with van der Waals surface area (Å²) in [6, 6.07) is 14.4. The van der Waals surface area contributed by atoms with Crippen molar-refractivity contribution in [1.29, 1.82) is 0 Å². The summed E-state index contributed by atoms with van der Waals surface area (Å²) < 4.78 is 99.6. The third-order valence-corrected chi connectivity index (χ3v) is 12.1. The van der Waals surface area contributed by atoms with E-state index in [1.165, 1.54) is 36.2 Å². The highest BCUT2D eigenvalue weighted by Gasteiger charge is 2.25. The van der Waals surface area contributed by atoms with Gasteiger partial charge < -0.3 is 38.0 Å². The molecule has 0 saturated heterocycles. The van der Waals surface area contributed by atoms with E-state index in [1.807, 2.05) is 42.9 Å². The summed E-state index contributed by atoms with van der Waals surface area (Å²) >= 11 is 12.6. The van der Waals surface area contributed by atoms with Crippen molar-refractivity contribution in [2.45, 2.75) is 51.6 Å². The van der Waals surface area contributed by atoms with Crippen molar-refractivity contribution in [1.82, 2.24) is 28.2 Å². The monoisotopic (exact) mass is 1050 g/mol. The normalized spacial score (nSPS) is 12.0. The van der Waals surface area contributed by atoms with Crippen LogP contribution in [0.25, 0.3) is 11.4 Å². The van der Waals surface area contributed by atoms with Crippen LogP contribution in [-0.4, -0.2) is 65.2 Å². The van der Waals surface area contributed by atoms with Crippen molar-refractivity contribution in [3.63, 3.8) is 0 Å². The molecule has 8 rings (SSSR count). The summed E-state index contributed by atoms with van der Waals surface area (Å²) in [5.74, 6) is -9.31. The summed E-state index contributed by atoms with van der Waals surface area (Å²) in [4.78, 5) is 46.8. The molecule has 4 aromatic heterocycles. The first-order chi connectivity index (χ1) is 34.8. The number of aliphatic carboxylic acids is 1. The molecule has 13 nitrogen and oxygen atoms in total. The number of benzene rings is 4. The second kappa shape index (κ2) is 22.9. The summed E-state index contributed by atoms with van der Waals surface area (Å²) in [5, 5.41) is 19.3. The summed E-state index contributed by atoms with van der Waals surface area (Å²) in [6.45, 7) is 3.35. The molecule has 380 valence electrons. The lowest BCUT2D eigenvalue weighted by Gasteiger charge is -2.21. The molecule has 0 amide bonds. The molecule has 0 aliphatic heterocycles. The van der Waals surface area contributed by atoms with Gasteiger partial charge >= 0.3 is 5.97 Å². The van der Waals surface area contributed by atoms with Crippen LogP contribution in [-0.2, 0) is 17.6 Å². The molecule has 0 spiro atoms. The van der Waals surface area contributed by atoms with Crippen molar-refractivity contribution in [3.8, 4) is 22.9 Å². The molecule has 8 aromatic rings. The molecule has 0 bridgehead atoms. The van der Waals surface area contributed by atoms with E-state index in [9.17, 15) is 50.9 Å². The second-order valence-corrected chi connectivity index (χ2v) is 17.6. The number of hydrogen-bond acceptors (Lipinski definition) is 8. The Labute approximate surface area is 422 Å². The molecular weight excluding hydrogens is 1010 g/mol. The van der Waals surface area contributed by atoms with Crippen LogP contribution in [0.4, 0.5) is 26.3 Å². The Morgan fingerprint density at radius 2 is 1.01 bits per heavy atom. The molecule has 4 heterocycles. The topological polar surface area (TPSA) is 156 Å². The largest absolute Gasteiger partial charge is 0.495 e. The molecular formula is C52H44Cl2F6N6O7. The number of aryl methyl sites for hydroxylation is 2. The first kappa shape index (κ1) is 53.2. The van der Waals surface area contributed by atoms with Crippen molar-refractivity contribution >= 4 is 29.2 Å². The number of hydrogen-bond donors (Lipinski definition) is 2. The lowest BCUT2D eigenvalue weighted by molar-refractivity contribution is -0.137. The number of imidazole rings is 2. The Balaban J connectivity index is 0.000000214. The second-order valence-electron chi connectivity index (χ2n) is 16.7. The third kappa shape index (κ3) is 12.2. The van der Waals surface area contributed by atoms with Gasteiger partial charge in [0.2, 0.25) is 0 Å². The zero-order chi connectivity index (χ0) is 52.8. The Morgan fingerprint density at radius 1 is 0.616 bits per heavy atom. The summed E-state index contributed by atoms with van der Waals surface area (Å²) in [5.41, 5.74) is 3.85. The molecule has 2 unspecified atom stereocenters. The molecule has 4 aromatic carbocycles. The van der Waals surface area contributed by atoms with Gasteiger partial charge in [-0.2, -0.15) is 0 Å². The third-order valence-electron chi connectivity index (χ3n) is 11.6. The maximum absolute atomic E-state index is 13.9. The van der Waals surface area contributed by atoms with E-state index < -0.39 is 70.5 Å². The fourth-order valence-electron chi connectivity index (χ4n) is 8.26. The van der Waals surface area contributed by atoms with Gasteiger partial charge in [0.25, 0.3) is 11.1 Å². The predicted molar refractivity (Wildman–Crippen MR) is 260 cm³/mol. The minimum Gasteiger partial charge on any atom is -0.495 e. The number of carboxylic acid groups (broad SMARTS) is 1. The maximum Gasteiger partial charge on any atom is 0.305 e. The average molecular weight is 1050 g/mol. The van der Waals surface area contributed by atoms with Gasteiger partial charge in [0.15, 0.2) is 34.9 Å². The molecule has 0 aliphatic carbocycles. The van der Waals surface area contributed by atoms with Crippen LogP contribution in [0.15, 0.2) is 120 Å². The minimum atomic E-state index is -1.69. The minimum absolute atomic E-state index is 0.00239. The highest BCUT2D eigenvalue weighted by Crippen LogP contribution is 2.31. The van der Waals surface area contributed by atoms with Crippen LogP contribution in [0.2, 0.25) is 10.0 Å². The van der Waals surface area contributed by atoms with Gasteiger partial charge in [-0.1, -0.05) is 35.3 Å². The van der Waals surface area contributed by atoms with Crippen LogP contribution in [0.1, 0.15) is 69.7 Å². The van der Waals surface area contributed by atoms with Crippen molar-refractivity contribution < 1.29 is 50.8 Å². The number of aromatic nitrogens is 6. The molecule has 0 saturated carbocycles. The summed E-state index contributed by atoms with van der Waals surface area (Å²) in [7, 11) is 3.05. The predicted octanol–water partition coefficient (Wildman–Crippen LogP) is 10.1. The van der Waals surface area contributed by atoms with E-state index >= 15 is 0 Å². The van der Waals surface area contributed by atoms with Crippen LogP contribution in [0.3, 0.4) is 0 Å². The Kier molecular flexibility index (Phi) is 16.7. The van der Waals surface area contributed by atoms with Crippen LogP contribution in [0, 0.1) is 48.8 Å². The van der Waals surface area contributed by atoms with E-state index in [2.05, 4.69) is 9.97 Å². The number of aliphatic hydroxyl groups is 1. The molecule has 0 aliphatic rings. The molecule has 0 fully saturated rings. The lowest BCUT2D eigenvalue weighted by Crippen LogP contribution is -2.29. The number of nitrogens with zero attached hydrogens (tertiary/aromatic N) is 6. The number of carboxylic acids is 1. The van der Waals surface area contributed by atoms with E-state index in [1.54, 1.807) is 48.6 Å². The van der Waals surface area contributed by atoms with Crippen molar-refractivity contribution in [2.24, 2.45) is 0 Å². The van der Waals surface area contributed by atoms with Gasteiger partial charge in [0, 0.05) is 55.4 Å². The van der Waals surface area contributed by atoms with Gasteiger partial charge in [-0.15, -0.1) is 0 Å².